The molecule has 1 amide bonds. The zero-order chi connectivity index (χ0) is 20.1. The van der Waals surface area contributed by atoms with Crippen LogP contribution >= 0.6 is 0 Å². The van der Waals surface area contributed by atoms with Crippen LogP contribution in [-0.2, 0) is 4.79 Å². The number of hydrogen-bond donors (Lipinski definition) is 1. The van der Waals surface area contributed by atoms with Crippen LogP contribution in [0.4, 0.5) is 17.5 Å². The Balaban J connectivity index is 1.32. The van der Waals surface area contributed by atoms with Gasteiger partial charge in [0.1, 0.15) is 5.82 Å². The zero-order valence-electron chi connectivity index (χ0n) is 17.3. The Labute approximate surface area is 173 Å². The molecule has 0 unspecified atom stereocenters. The van der Waals surface area contributed by atoms with Crippen LogP contribution in [0.15, 0.2) is 36.4 Å². The Morgan fingerprint density at radius 3 is 2.52 bits per heavy atom. The van der Waals surface area contributed by atoms with E-state index in [0.29, 0.717) is 12.3 Å². The van der Waals surface area contributed by atoms with E-state index < -0.39 is 0 Å². The van der Waals surface area contributed by atoms with Crippen LogP contribution in [0.5, 0.6) is 0 Å². The molecule has 1 aliphatic heterocycles. The topological polar surface area (TPSA) is 61.4 Å². The van der Waals surface area contributed by atoms with Crippen LogP contribution in [0.25, 0.3) is 0 Å². The molecule has 6 nitrogen and oxygen atoms in total. The third kappa shape index (κ3) is 5.25. The average molecular weight is 394 g/mol. The molecule has 0 radical (unpaired) electrons. The minimum Gasteiger partial charge on any atom is -0.340 e. The molecule has 1 N–H and O–H groups in total. The number of nitrogens with zero attached hydrogens (tertiary/aromatic N) is 4. The summed E-state index contributed by atoms with van der Waals surface area (Å²) >= 11 is 0. The van der Waals surface area contributed by atoms with Crippen molar-refractivity contribution in [2.45, 2.75) is 45.4 Å². The highest BCUT2D eigenvalue weighted by Crippen LogP contribution is 2.29. The average Bonchev–Trinajstić information content (AvgIpc) is 3.26. The largest absolute Gasteiger partial charge is 0.340 e. The highest BCUT2D eigenvalue weighted by molar-refractivity contribution is 5.76. The minimum atomic E-state index is 0.313. The maximum Gasteiger partial charge on any atom is 0.227 e. The molecular formula is C23H31N5O. The van der Waals surface area contributed by atoms with E-state index >= 15 is 0 Å². The normalized spacial score (nSPS) is 17.6. The van der Waals surface area contributed by atoms with Crippen molar-refractivity contribution in [1.82, 2.24) is 14.9 Å². The number of amides is 1. The molecule has 1 aromatic carbocycles. The van der Waals surface area contributed by atoms with Crippen LogP contribution in [-0.4, -0.2) is 47.0 Å². The number of aromatic nitrogens is 2. The van der Waals surface area contributed by atoms with Gasteiger partial charge >= 0.3 is 0 Å². The summed E-state index contributed by atoms with van der Waals surface area (Å²) in [5, 5.41) is 3.35. The SMILES string of the molecule is Cc1cc(Nc2ccccc2)nc(N2CCN(C(=O)CCC3CCCC3)CC2)n1. The fraction of sp³-hybridized carbons (Fsp3) is 0.522. The van der Waals surface area contributed by atoms with Gasteiger partial charge in [-0.1, -0.05) is 43.9 Å². The molecule has 2 fully saturated rings. The number of piperazine rings is 1. The van der Waals surface area contributed by atoms with Gasteiger partial charge in [-0.05, 0) is 31.4 Å². The lowest BCUT2D eigenvalue weighted by molar-refractivity contribution is -0.131. The van der Waals surface area contributed by atoms with Gasteiger partial charge in [0.15, 0.2) is 0 Å². The molecular weight excluding hydrogens is 362 g/mol. The maximum atomic E-state index is 12.6. The smallest absolute Gasteiger partial charge is 0.227 e. The number of benzene rings is 1. The third-order valence-electron chi connectivity index (χ3n) is 6.05. The zero-order valence-corrected chi connectivity index (χ0v) is 17.3. The highest BCUT2D eigenvalue weighted by atomic mass is 16.2. The predicted octanol–water partition coefficient (Wildman–Crippen LogP) is 4.15. The summed E-state index contributed by atoms with van der Waals surface area (Å²) in [6.45, 7) is 5.06. The monoisotopic (exact) mass is 393 g/mol. The Bertz CT molecular complexity index is 811. The van der Waals surface area contributed by atoms with E-state index in [0.717, 1.165) is 61.7 Å². The number of carbonyl (C=O) groups is 1. The summed E-state index contributed by atoms with van der Waals surface area (Å²) in [4.78, 5) is 26.1. The molecule has 0 atom stereocenters. The molecule has 1 aliphatic carbocycles. The molecule has 1 saturated heterocycles. The Hall–Kier alpha value is -2.63. The van der Waals surface area contributed by atoms with Crippen LogP contribution in [0, 0.1) is 12.8 Å². The summed E-state index contributed by atoms with van der Waals surface area (Å²) in [6, 6.07) is 12.0. The molecule has 2 heterocycles. The van der Waals surface area contributed by atoms with E-state index in [1.165, 1.54) is 25.7 Å². The van der Waals surface area contributed by atoms with Crippen molar-refractivity contribution < 1.29 is 4.79 Å². The van der Waals surface area contributed by atoms with E-state index in [1.807, 2.05) is 48.2 Å². The number of anilines is 3. The molecule has 29 heavy (non-hydrogen) atoms. The predicted molar refractivity (Wildman–Crippen MR) is 116 cm³/mol. The minimum absolute atomic E-state index is 0.313. The molecule has 0 spiro atoms. The first-order valence-corrected chi connectivity index (χ1v) is 10.9. The summed E-state index contributed by atoms with van der Waals surface area (Å²) < 4.78 is 0. The van der Waals surface area contributed by atoms with Gasteiger partial charge in [0.25, 0.3) is 0 Å². The van der Waals surface area contributed by atoms with E-state index in [4.69, 9.17) is 4.98 Å². The first-order chi connectivity index (χ1) is 14.2. The van der Waals surface area contributed by atoms with Gasteiger partial charge in [-0.15, -0.1) is 0 Å². The van der Waals surface area contributed by atoms with Gasteiger partial charge in [0.2, 0.25) is 11.9 Å². The van der Waals surface area contributed by atoms with Gasteiger partial charge in [-0.25, -0.2) is 4.98 Å². The van der Waals surface area contributed by atoms with Crippen molar-refractivity contribution in [3.63, 3.8) is 0 Å². The molecule has 4 rings (SSSR count). The number of aryl methyl sites for hydroxylation is 1. The van der Waals surface area contributed by atoms with E-state index in [2.05, 4.69) is 15.2 Å². The number of rotatable bonds is 6. The fourth-order valence-electron chi connectivity index (χ4n) is 4.37. The molecule has 154 valence electrons. The van der Waals surface area contributed by atoms with Crippen LogP contribution in [0.1, 0.15) is 44.2 Å². The van der Waals surface area contributed by atoms with Crippen LogP contribution in [0.2, 0.25) is 0 Å². The van der Waals surface area contributed by atoms with Crippen molar-refractivity contribution >= 4 is 23.4 Å². The fourth-order valence-corrected chi connectivity index (χ4v) is 4.37. The Morgan fingerprint density at radius 2 is 1.79 bits per heavy atom. The van der Waals surface area contributed by atoms with E-state index in [1.54, 1.807) is 0 Å². The lowest BCUT2D eigenvalue weighted by Crippen LogP contribution is -2.49. The Morgan fingerprint density at radius 1 is 1.07 bits per heavy atom. The van der Waals surface area contributed by atoms with Crippen molar-refractivity contribution in [3.8, 4) is 0 Å². The highest BCUT2D eigenvalue weighted by Gasteiger charge is 2.24. The number of nitrogens with one attached hydrogen (secondary N) is 1. The van der Waals surface area contributed by atoms with Crippen LogP contribution < -0.4 is 10.2 Å². The van der Waals surface area contributed by atoms with Gasteiger partial charge in [-0.3, -0.25) is 4.79 Å². The molecule has 6 heteroatoms. The van der Waals surface area contributed by atoms with Gasteiger partial charge in [0.05, 0.1) is 0 Å². The maximum absolute atomic E-state index is 12.6. The number of hydrogen-bond acceptors (Lipinski definition) is 5. The first-order valence-electron chi connectivity index (χ1n) is 10.9. The third-order valence-corrected chi connectivity index (χ3v) is 6.05. The summed E-state index contributed by atoms with van der Waals surface area (Å²) in [7, 11) is 0. The quantitative estimate of drug-likeness (QED) is 0.799. The first kappa shape index (κ1) is 19.7. The van der Waals surface area contributed by atoms with E-state index in [-0.39, 0.29) is 0 Å². The second-order valence-electron chi connectivity index (χ2n) is 8.24. The van der Waals surface area contributed by atoms with Crippen molar-refractivity contribution in [1.29, 1.82) is 0 Å². The lowest BCUT2D eigenvalue weighted by atomic mass is 10.0. The number of carbonyl (C=O) groups excluding carboxylic acids is 1. The number of para-hydroxylation sites is 1. The lowest BCUT2D eigenvalue weighted by Gasteiger charge is -2.35. The van der Waals surface area contributed by atoms with Gasteiger partial charge in [0, 0.05) is 50.0 Å². The van der Waals surface area contributed by atoms with E-state index in [9.17, 15) is 4.79 Å². The van der Waals surface area contributed by atoms with Gasteiger partial charge < -0.3 is 15.1 Å². The van der Waals surface area contributed by atoms with Crippen molar-refractivity contribution in [2.24, 2.45) is 5.92 Å². The van der Waals surface area contributed by atoms with Crippen molar-refractivity contribution in [3.05, 3.63) is 42.1 Å². The van der Waals surface area contributed by atoms with Gasteiger partial charge in [-0.2, -0.15) is 4.98 Å². The Kier molecular flexibility index (Phi) is 6.27. The second kappa shape index (κ2) is 9.25. The molecule has 0 bridgehead atoms. The summed E-state index contributed by atoms with van der Waals surface area (Å²) in [6.07, 6.45) is 7.08. The van der Waals surface area contributed by atoms with Crippen LogP contribution in [0.3, 0.4) is 0 Å². The molecule has 2 aliphatic rings. The summed E-state index contributed by atoms with van der Waals surface area (Å²) in [5.41, 5.74) is 1.94. The summed E-state index contributed by atoms with van der Waals surface area (Å²) in [5.74, 6) is 2.62. The molecule has 1 aromatic heterocycles. The molecule has 2 aromatic rings. The second-order valence-corrected chi connectivity index (χ2v) is 8.24. The van der Waals surface area contributed by atoms with Crippen molar-refractivity contribution in [2.75, 3.05) is 36.4 Å². The standard InChI is InChI=1S/C23H31N5O/c1-18-17-21(25-20-9-3-2-4-10-20)26-23(24-18)28-15-13-27(14-16-28)22(29)12-11-19-7-5-6-8-19/h2-4,9-10,17,19H,5-8,11-16H2,1H3,(H,24,25,26). The molecule has 1 saturated carbocycles.